The summed E-state index contributed by atoms with van der Waals surface area (Å²) in [6.07, 6.45) is 4.95. The summed E-state index contributed by atoms with van der Waals surface area (Å²) in [6, 6.07) is 11.0. The van der Waals surface area contributed by atoms with E-state index in [-0.39, 0.29) is 11.4 Å². The van der Waals surface area contributed by atoms with Crippen molar-refractivity contribution in [2.45, 2.75) is 27.7 Å². The van der Waals surface area contributed by atoms with Crippen molar-refractivity contribution < 1.29 is 9.18 Å². The molecule has 6 rings (SSSR count). The van der Waals surface area contributed by atoms with Crippen LogP contribution in [0.4, 0.5) is 10.1 Å². The van der Waals surface area contributed by atoms with E-state index < -0.39 is 11.2 Å². The number of carbonyl (C=O) groups excluding carboxylic acids is 1. The van der Waals surface area contributed by atoms with Crippen LogP contribution >= 0.6 is 11.3 Å². The van der Waals surface area contributed by atoms with E-state index in [9.17, 15) is 4.79 Å². The highest BCUT2D eigenvalue weighted by molar-refractivity contribution is 7.15. The van der Waals surface area contributed by atoms with Crippen molar-refractivity contribution in [3.63, 3.8) is 0 Å². The first kappa shape index (κ1) is 23.9. The number of hydrogen-bond donors (Lipinski definition) is 3. The predicted molar refractivity (Wildman–Crippen MR) is 148 cm³/mol. The number of aromatic nitrogens is 6. The quantitative estimate of drug-likeness (QED) is 0.236. The van der Waals surface area contributed by atoms with Crippen molar-refractivity contribution in [1.82, 2.24) is 30.1 Å². The van der Waals surface area contributed by atoms with Gasteiger partial charge in [-0.25, -0.2) is 9.37 Å². The van der Waals surface area contributed by atoms with Gasteiger partial charge in [0, 0.05) is 33.6 Å². The Balaban J connectivity index is 1.43. The Bertz CT molecular complexity index is 1840. The van der Waals surface area contributed by atoms with Gasteiger partial charge in [-0.1, -0.05) is 20.8 Å². The normalized spacial score (nSPS) is 11.9. The second kappa shape index (κ2) is 8.84. The Morgan fingerprint density at radius 1 is 1.05 bits per heavy atom. The largest absolute Gasteiger partial charge is 0.337 e. The zero-order chi connectivity index (χ0) is 26.6. The van der Waals surface area contributed by atoms with E-state index in [1.165, 1.54) is 10.9 Å². The number of halogens is 1. The van der Waals surface area contributed by atoms with Crippen LogP contribution in [0.25, 0.3) is 55.2 Å². The van der Waals surface area contributed by atoms with Gasteiger partial charge in [0.2, 0.25) is 5.91 Å². The Hall–Kier alpha value is -4.44. The predicted octanol–water partition coefficient (Wildman–Crippen LogP) is 6.72. The number of nitrogens with zero attached hydrogens (tertiary/aromatic N) is 4. The second-order valence-corrected chi connectivity index (χ2v) is 11.5. The zero-order valence-corrected chi connectivity index (χ0v) is 22.0. The van der Waals surface area contributed by atoms with Crippen LogP contribution in [-0.4, -0.2) is 36.0 Å². The van der Waals surface area contributed by atoms with Crippen LogP contribution in [-0.2, 0) is 4.79 Å². The van der Waals surface area contributed by atoms with Gasteiger partial charge in [-0.3, -0.25) is 19.9 Å². The van der Waals surface area contributed by atoms with Gasteiger partial charge in [-0.2, -0.15) is 5.10 Å². The number of amides is 1. The molecule has 3 N–H and O–H groups in total. The molecule has 0 spiro atoms. The number of benzene rings is 1. The molecule has 6 aromatic rings. The van der Waals surface area contributed by atoms with Crippen LogP contribution < -0.4 is 5.32 Å². The molecule has 1 aromatic carbocycles. The average molecular weight is 526 g/mol. The number of anilines is 1. The minimum absolute atomic E-state index is 0.133. The molecule has 38 heavy (non-hydrogen) atoms. The van der Waals surface area contributed by atoms with E-state index in [0.717, 1.165) is 21.6 Å². The molecule has 5 heterocycles. The molecule has 0 aliphatic carbocycles. The molecule has 0 aliphatic heterocycles. The summed E-state index contributed by atoms with van der Waals surface area (Å²) < 4.78 is 15.2. The molecular weight excluding hydrogens is 501 g/mol. The number of thiophene rings is 1. The Morgan fingerprint density at radius 3 is 2.66 bits per heavy atom. The smallest absolute Gasteiger partial charge is 0.229 e. The fourth-order valence-corrected chi connectivity index (χ4v) is 5.07. The number of imidazole rings is 1. The van der Waals surface area contributed by atoms with E-state index in [0.29, 0.717) is 33.7 Å². The Morgan fingerprint density at radius 2 is 1.89 bits per heavy atom. The van der Waals surface area contributed by atoms with Gasteiger partial charge >= 0.3 is 0 Å². The van der Waals surface area contributed by atoms with Crippen LogP contribution in [0.2, 0.25) is 0 Å². The van der Waals surface area contributed by atoms with Gasteiger partial charge in [-0.15, -0.1) is 11.3 Å². The molecule has 190 valence electrons. The van der Waals surface area contributed by atoms with Gasteiger partial charge in [0.15, 0.2) is 11.6 Å². The number of nitrogens with one attached hydrogen (secondary N) is 3. The van der Waals surface area contributed by atoms with Crippen molar-refractivity contribution >= 4 is 44.9 Å². The molecule has 10 heteroatoms. The monoisotopic (exact) mass is 525 g/mol. The van der Waals surface area contributed by atoms with Crippen molar-refractivity contribution in [1.29, 1.82) is 0 Å². The van der Waals surface area contributed by atoms with Gasteiger partial charge in [0.25, 0.3) is 0 Å². The summed E-state index contributed by atoms with van der Waals surface area (Å²) in [5.41, 5.74) is 4.36. The highest BCUT2D eigenvalue weighted by Gasteiger charge is 2.22. The summed E-state index contributed by atoms with van der Waals surface area (Å²) in [7, 11) is 0. The van der Waals surface area contributed by atoms with Crippen molar-refractivity contribution in [2.75, 3.05) is 5.32 Å². The van der Waals surface area contributed by atoms with Crippen LogP contribution in [0.5, 0.6) is 0 Å². The first-order valence-electron chi connectivity index (χ1n) is 12.0. The first-order chi connectivity index (χ1) is 18.2. The number of H-pyrrole nitrogens is 2. The highest BCUT2D eigenvalue weighted by Crippen LogP contribution is 2.35. The third-order valence-electron chi connectivity index (χ3n) is 6.23. The molecule has 0 fully saturated rings. The molecule has 0 saturated heterocycles. The third kappa shape index (κ3) is 4.22. The molecule has 0 saturated carbocycles. The van der Waals surface area contributed by atoms with Crippen molar-refractivity contribution in [2.24, 2.45) is 5.41 Å². The lowest BCUT2D eigenvalue weighted by Gasteiger charge is -2.17. The molecule has 0 unspecified atom stereocenters. The molecule has 1 amide bonds. The van der Waals surface area contributed by atoms with Gasteiger partial charge in [0.1, 0.15) is 22.4 Å². The fraction of sp³-hybridized carbons (Fsp3) is 0.179. The second-order valence-electron chi connectivity index (χ2n) is 10.2. The molecule has 0 aliphatic rings. The zero-order valence-electron chi connectivity index (χ0n) is 21.2. The van der Waals surface area contributed by atoms with Crippen LogP contribution in [0.1, 0.15) is 25.6 Å². The summed E-state index contributed by atoms with van der Waals surface area (Å²) >= 11 is 1.65. The lowest BCUT2D eigenvalue weighted by molar-refractivity contribution is -0.123. The summed E-state index contributed by atoms with van der Waals surface area (Å²) in [6.45, 7) is 7.56. The van der Waals surface area contributed by atoms with Crippen molar-refractivity contribution in [3.8, 4) is 33.2 Å². The Labute approximate surface area is 221 Å². The number of carbonyl (C=O) groups is 1. The maximum absolute atomic E-state index is 15.2. The lowest BCUT2D eigenvalue weighted by Crippen LogP contribution is -2.27. The number of rotatable bonds is 4. The maximum atomic E-state index is 15.2. The average Bonchev–Trinajstić information content (AvgIpc) is 3.61. The molecular formula is C28H24FN7OS. The third-order valence-corrected chi connectivity index (χ3v) is 7.24. The number of aryl methyl sites for hydroxylation is 1. The van der Waals surface area contributed by atoms with E-state index in [1.807, 2.05) is 39.0 Å². The topological polar surface area (TPSA) is 112 Å². The van der Waals surface area contributed by atoms with E-state index in [2.05, 4.69) is 43.5 Å². The van der Waals surface area contributed by atoms with Gasteiger partial charge < -0.3 is 10.3 Å². The van der Waals surface area contributed by atoms with Gasteiger partial charge in [-0.05, 0) is 48.9 Å². The molecule has 0 bridgehead atoms. The lowest BCUT2D eigenvalue weighted by atomic mass is 9.95. The maximum Gasteiger partial charge on any atom is 0.229 e. The number of aromatic amines is 2. The molecule has 0 radical (unpaired) electrons. The standard InChI is InChI=1S/C28H24FN7OS/c1-14-5-6-21(38-14)25-24-20(7-8-31-25)33-26(34-24)23-18-10-15(11-19(29)22(18)35-36-23)16-9-17(13-30-12-16)32-27(37)28(2,3)4/h5-13H,1-4H3,(H,32,37)(H,33,34)(H,35,36). The van der Waals surface area contributed by atoms with Crippen LogP contribution in [0.3, 0.4) is 0 Å². The van der Waals surface area contributed by atoms with Gasteiger partial charge in [0.05, 0.1) is 22.3 Å². The SMILES string of the molecule is Cc1ccc(-c2nccc3[nH]c(-c4[nH]nc5c(F)cc(-c6cncc(NC(=O)C(C)(C)C)c6)cc45)nc23)s1. The first-order valence-corrected chi connectivity index (χ1v) is 12.9. The number of pyridine rings is 2. The van der Waals surface area contributed by atoms with Crippen LogP contribution in [0.15, 0.2) is 55.0 Å². The molecule has 5 aromatic heterocycles. The van der Waals surface area contributed by atoms with E-state index in [4.69, 9.17) is 4.98 Å². The summed E-state index contributed by atoms with van der Waals surface area (Å²) in [5.74, 6) is -0.0748. The summed E-state index contributed by atoms with van der Waals surface area (Å²) in [4.78, 5) is 31.6. The molecule has 0 atom stereocenters. The highest BCUT2D eigenvalue weighted by atomic mass is 32.1. The Kier molecular flexibility index (Phi) is 5.57. The number of hydrogen-bond acceptors (Lipinski definition) is 6. The van der Waals surface area contributed by atoms with E-state index in [1.54, 1.807) is 36.0 Å². The van der Waals surface area contributed by atoms with E-state index >= 15 is 4.39 Å². The number of fused-ring (bicyclic) bond motifs is 2. The molecule has 8 nitrogen and oxygen atoms in total. The van der Waals surface area contributed by atoms with Crippen molar-refractivity contribution in [3.05, 3.63) is 65.7 Å². The minimum atomic E-state index is -0.559. The fourth-order valence-electron chi connectivity index (χ4n) is 4.20. The summed E-state index contributed by atoms with van der Waals surface area (Å²) in [5, 5.41) is 10.6. The van der Waals surface area contributed by atoms with Crippen LogP contribution in [0, 0.1) is 18.2 Å². The minimum Gasteiger partial charge on any atom is -0.337 e.